The molecule has 1 fully saturated rings. The third-order valence-corrected chi connectivity index (χ3v) is 5.21. The van der Waals surface area contributed by atoms with E-state index in [1.165, 1.54) is 19.2 Å². The van der Waals surface area contributed by atoms with Crippen molar-refractivity contribution in [2.24, 2.45) is 5.92 Å². The van der Waals surface area contributed by atoms with Crippen molar-refractivity contribution in [3.05, 3.63) is 34.4 Å². The molecule has 1 aromatic carbocycles. The van der Waals surface area contributed by atoms with Crippen LogP contribution in [-0.4, -0.2) is 32.5 Å². The van der Waals surface area contributed by atoms with Crippen LogP contribution in [0.25, 0.3) is 0 Å². The van der Waals surface area contributed by atoms with Gasteiger partial charge in [0.1, 0.15) is 0 Å². The summed E-state index contributed by atoms with van der Waals surface area (Å²) in [6, 6.07) is 5.05. The van der Waals surface area contributed by atoms with Gasteiger partial charge in [-0.15, -0.1) is 0 Å². The quantitative estimate of drug-likeness (QED) is 0.348. The van der Waals surface area contributed by atoms with Crippen molar-refractivity contribution in [2.45, 2.75) is 36.7 Å². The number of esters is 1. The highest BCUT2D eigenvalue weighted by Crippen LogP contribution is 2.31. The van der Waals surface area contributed by atoms with Crippen LogP contribution >= 0.6 is 0 Å². The van der Waals surface area contributed by atoms with Crippen LogP contribution in [0.5, 0.6) is 0 Å². The SMILES string of the molecule is COC(=O)C1CCC(OS(=O)(=O)c2ccccc2[N+](=O)[O-])CC1. The highest BCUT2D eigenvalue weighted by molar-refractivity contribution is 7.87. The Morgan fingerprint density at radius 3 is 2.39 bits per heavy atom. The number of benzene rings is 1. The lowest BCUT2D eigenvalue weighted by atomic mass is 9.88. The number of nitrogens with zero attached hydrogens (tertiary/aromatic N) is 1. The van der Waals surface area contributed by atoms with E-state index in [-0.39, 0.29) is 11.9 Å². The van der Waals surface area contributed by atoms with E-state index in [0.717, 1.165) is 12.1 Å². The Hall–Kier alpha value is -2.00. The summed E-state index contributed by atoms with van der Waals surface area (Å²) >= 11 is 0. The zero-order chi connectivity index (χ0) is 17.0. The maximum atomic E-state index is 12.3. The number of nitro groups is 1. The van der Waals surface area contributed by atoms with Crippen molar-refractivity contribution in [3.63, 3.8) is 0 Å². The Balaban J connectivity index is 2.09. The molecule has 0 bridgehead atoms. The molecule has 0 radical (unpaired) electrons. The molecule has 0 saturated heterocycles. The van der Waals surface area contributed by atoms with Crippen LogP contribution in [0.1, 0.15) is 25.7 Å². The first-order valence-corrected chi connectivity index (χ1v) is 8.50. The second-order valence-corrected chi connectivity index (χ2v) is 6.81. The molecule has 9 heteroatoms. The number of hydrogen-bond acceptors (Lipinski definition) is 7. The molecule has 1 aromatic rings. The van der Waals surface area contributed by atoms with E-state index in [1.807, 2.05) is 0 Å². The van der Waals surface area contributed by atoms with E-state index in [0.29, 0.717) is 25.7 Å². The van der Waals surface area contributed by atoms with Crippen LogP contribution in [0.15, 0.2) is 29.2 Å². The highest BCUT2D eigenvalue weighted by Gasteiger charge is 2.33. The maximum Gasteiger partial charge on any atom is 0.308 e. The minimum atomic E-state index is -4.24. The van der Waals surface area contributed by atoms with E-state index in [9.17, 15) is 23.3 Å². The lowest BCUT2D eigenvalue weighted by Gasteiger charge is -2.26. The zero-order valence-electron chi connectivity index (χ0n) is 12.5. The molecular formula is C14H17NO7S. The number of hydrogen-bond donors (Lipinski definition) is 0. The monoisotopic (exact) mass is 343 g/mol. The van der Waals surface area contributed by atoms with Gasteiger partial charge in [0, 0.05) is 6.07 Å². The summed E-state index contributed by atoms with van der Waals surface area (Å²) < 4.78 is 34.4. The van der Waals surface area contributed by atoms with Gasteiger partial charge < -0.3 is 4.74 Å². The molecule has 8 nitrogen and oxygen atoms in total. The fourth-order valence-corrected chi connectivity index (χ4v) is 3.91. The fourth-order valence-electron chi connectivity index (χ4n) is 2.61. The molecule has 0 unspecified atom stereocenters. The molecule has 1 aliphatic rings. The van der Waals surface area contributed by atoms with Crippen LogP contribution in [0.3, 0.4) is 0 Å². The molecule has 1 saturated carbocycles. The molecule has 1 aliphatic carbocycles. The zero-order valence-corrected chi connectivity index (χ0v) is 13.3. The van der Waals surface area contributed by atoms with Gasteiger partial charge in [0.25, 0.3) is 5.69 Å². The van der Waals surface area contributed by atoms with Gasteiger partial charge in [0.05, 0.1) is 24.1 Å². The van der Waals surface area contributed by atoms with Crippen LogP contribution in [-0.2, 0) is 23.8 Å². The number of methoxy groups -OCH3 is 1. The van der Waals surface area contributed by atoms with Crippen molar-refractivity contribution in [1.29, 1.82) is 0 Å². The van der Waals surface area contributed by atoms with Crippen LogP contribution in [0, 0.1) is 16.0 Å². The Morgan fingerprint density at radius 2 is 1.83 bits per heavy atom. The van der Waals surface area contributed by atoms with E-state index in [1.54, 1.807) is 0 Å². The third kappa shape index (κ3) is 4.05. The average molecular weight is 343 g/mol. The topological polar surface area (TPSA) is 113 Å². The van der Waals surface area contributed by atoms with E-state index in [2.05, 4.69) is 4.74 Å². The largest absolute Gasteiger partial charge is 0.469 e. The molecular weight excluding hydrogens is 326 g/mol. The summed E-state index contributed by atoms with van der Waals surface area (Å²) in [5.41, 5.74) is -0.518. The number of ether oxygens (including phenoxy) is 1. The molecule has 0 spiro atoms. The number of carbonyl (C=O) groups excluding carboxylic acids is 1. The van der Waals surface area contributed by atoms with Gasteiger partial charge in [-0.25, -0.2) is 0 Å². The molecule has 0 aliphatic heterocycles. The highest BCUT2D eigenvalue weighted by atomic mass is 32.2. The molecule has 0 heterocycles. The number of nitro benzene ring substituents is 1. The summed E-state index contributed by atoms with van der Waals surface area (Å²) in [5.74, 6) is -0.571. The molecule has 0 atom stereocenters. The van der Waals surface area contributed by atoms with Crippen molar-refractivity contribution in [3.8, 4) is 0 Å². The van der Waals surface area contributed by atoms with Gasteiger partial charge >= 0.3 is 16.1 Å². The predicted molar refractivity (Wildman–Crippen MR) is 79.1 cm³/mol. The maximum absolute atomic E-state index is 12.3. The minimum Gasteiger partial charge on any atom is -0.469 e. The molecule has 0 aromatic heterocycles. The van der Waals surface area contributed by atoms with Crippen LogP contribution in [0.2, 0.25) is 0 Å². The van der Waals surface area contributed by atoms with Gasteiger partial charge in [-0.1, -0.05) is 12.1 Å². The van der Waals surface area contributed by atoms with Crippen LogP contribution < -0.4 is 0 Å². The first-order valence-electron chi connectivity index (χ1n) is 7.09. The van der Waals surface area contributed by atoms with Gasteiger partial charge in [0.15, 0.2) is 4.90 Å². The first kappa shape index (κ1) is 17.4. The fraction of sp³-hybridized carbons (Fsp3) is 0.500. The predicted octanol–water partition coefficient (Wildman–Crippen LogP) is 2.03. The average Bonchev–Trinajstić information content (AvgIpc) is 2.54. The van der Waals surface area contributed by atoms with Gasteiger partial charge in [-0.3, -0.25) is 19.1 Å². The van der Waals surface area contributed by atoms with Gasteiger partial charge in [0.2, 0.25) is 0 Å². The second-order valence-electron chi connectivity index (χ2n) is 5.27. The summed E-state index contributed by atoms with van der Waals surface area (Å²) in [5, 5.41) is 10.9. The van der Waals surface area contributed by atoms with E-state index < -0.39 is 31.7 Å². The third-order valence-electron chi connectivity index (χ3n) is 3.80. The summed E-state index contributed by atoms with van der Waals surface area (Å²) in [6.07, 6.45) is 1.08. The smallest absolute Gasteiger partial charge is 0.308 e. The van der Waals surface area contributed by atoms with Crippen molar-refractivity contribution in [1.82, 2.24) is 0 Å². The second kappa shape index (κ2) is 7.05. The first-order chi connectivity index (χ1) is 10.8. The lowest BCUT2D eigenvalue weighted by Crippen LogP contribution is -2.28. The standard InChI is InChI=1S/C14H17NO7S/c1-21-14(16)10-6-8-11(9-7-10)22-23(19,20)13-5-3-2-4-12(13)15(17)18/h2-5,10-11H,6-9H2,1H3. The summed E-state index contributed by atoms with van der Waals surface area (Å²) in [4.78, 5) is 21.2. The Kier molecular flexibility index (Phi) is 5.32. The number of carbonyl (C=O) groups is 1. The van der Waals surface area contributed by atoms with E-state index >= 15 is 0 Å². The van der Waals surface area contributed by atoms with Crippen molar-refractivity contribution >= 4 is 21.8 Å². The molecule has 0 amide bonds. The van der Waals surface area contributed by atoms with Crippen LogP contribution in [0.4, 0.5) is 5.69 Å². The molecule has 2 rings (SSSR count). The Morgan fingerprint density at radius 1 is 1.22 bits per heavy atom. The minimum absolute atomic E-state index is 0.256. The number of para-hydroxylation sites is 1. The van der Waals surface area contributed by atoms with Gasteiger partial charge in [-0.05, 0) is 31.7 Å². The molecule has 23 heavy (non-hydrogen) atoms. The Labute approximate surface area is 133 Å². The molecule has 0 N–H and O–H groups in total. The number of rotatable bonds is 5. The lowest BCUT2D eigenvalue weighted by molar-refractivity contribution is -0.387. The van der Waals surface area contributed by atoms with Crippen molar-refractivity contribution < 1.29 is 27.1 Å². The molecule has 126 valence electrons. The van der Waals surface area contributed by atoms with Crippen molar-refractivity contribution in [2.75, 3.05) is 7.11 Å². The summed E-state index contributed by atoms with van der Waals surface area (Å²) in [6.45, 7) is 0. The van der Waals surface area contributed by atoms with Gasteiger partial charge in [-0.2, -0.15) is 8.42 Å². The van der Waals surface area contributed by atoms with E-state index in [4.69, 9.17) is 4.18 Å². The normalized spacial score (nSPS) is 21.6. The Bertz CT molecular complexity index is 693. The summed E-state index contributed by atoms with van der Waals surface area (Å²) in [7, 11) is -2.93.